The molecule has 0 atom stereocenters. The average molecular weight is 471 g/mol. The van der Waals surface area contributed by atoms with Crippen LogP contribution in [0.1, 0.15) is 29.6 Å². The Bertz CT molecular complexity index is 991. The zero-order valence-electron chi connectivity index (χ0n) is 16.7. The van der Waals surface area contributed by atoms with E-state index in [1.165, 1.54) is 27.4 Å². The Morgan fingerprint density at radius 1 is 1.07 bits per heavy atom. The largest absolute Gasteiger partial charge is 0.492 e. The minimum absolute atomic E-state index is 0.0861. The molecule has 2 aromatic rings. The van der Waals surface area contributed by atoms with E-state index in [4.69, 9.17) is 27.9 Å². The Morgan fingerprint density at radius 3 is 2.40 bits per heavy atom. The molecule has 0 saturated carbocycles. The summed E-state index contributed by atoms with van der Waals surface area (Å²) >= 11 is 12.1. The van der Waals surface area contributed by atoms with E-state index in [1.54, 1.807) is 31.3 Å². The van der Waals surface area contributed by atoms with Crippen LogP contribution in [0.4, 0.5) is 0 Å². The summed E-state index contributed by atoms with van der Waals surface area (Å²) in [6.45, 7) is 1.57. The molecule has 162 valence electrons. The SMILES string of the molecule is CN(CCOc1ccc(Cl)cc1)C(=O)c1cc(S(=O)(=O)N2CCCCC2)ccc1Cl. The maximum absolute atomic E-state index is 12.9. The molecule has 0 bridgehead atoms. The first kappa shape index (κ1) is 22.9. The van der Waals surface area contributed by atoms with Crippen LogP contribution in [0.25, 0.3) is 0 Å². The lowest BCUT2D eigenvalue weighted by Crippen LogP contribution is -2.36. The van der Waals surface area contributed by atoms with Crippen molar-refractivity contribution in [3.63, 3.8) is 0 Å². The zero-order valence-corrected chi connectivity index (χ0v) is 19.0. The second kappa shape index (κ2) is 10.0. The first-order valence-electron chi connectivity index (χ1n) is 9.72. The van der Waals surface area contributed by atoms with Gasteiger partial charge in [-0.2, -0.15) is 4.31 Å². The molecule has 9 heteroatoms. The van der Waals surface area contributed by atoms with Crippen molar-refractivity contribution in [1.29, 1.82) is 0 Å². The number of piperidine rings is 1. The Kier molecular flexibility index (Phi) is 7.63. The number of rotatable bonds is 7. The molecule has 0 aliphatic carbocycles. The number of benzene rings is 2. The third kappa shape index (κ3) is 5.46. The smallest absolute Gasteiger partial charge is 0.255 e. The van der Waals surface area contributed by atoms with Crippen LogP contribution in [0.15, 0.2) is 47.4 Å². The van der Waals surface area contributed by atoms with Crippen molar-refractivity contribution in [3.05, 3.63) is 58.1 Å². The van der Waals surface area contributed by atoms with E-state index in [9.17, 15) is 13.2 Å². The molecule has 30 heavy (non-hydrogen) atoms. The molecule has 1 amide bonds. The predicted molar refractivity (Wildman–Crippen MR) is 118 cm³/mol. The number of halogens is 2. The summed E-state index contributed by atoms with van der Waals surface area (Å²) in [7, 11) is -2.03. The summed E-state index contributed by atoms with van der Waals surface area (Å²) in [6.07, 6.45) is 2.71. The summed E-state index contributed by atoms with van der Waals surface area (Å²) < 4.78 is 32.9. The maximum atomic E-state index is 12.9. The molecule has 2 aromatic carbocycles. The molecular weight excluding hydrogens is 447 g/mol. The number of amides is 1. The van der Waals surface area contributed by atoms with Crippen molar-refractivity contribution in [2.45, 2.75) is 24.2 Å². The van der Waals surface area contributed by atoms with Crippen LogP contribution < -0.4 is 4.74 Å². The average Bonchev–Trinajstić information content (AvgIpc) is 2.75. The summed E-state index contributed by atoms with van der Waals surface area (Å²) in [5, 5.41) is 0.826. The summed E-state index contributed by atoms with van der Waals surface area (Å²) in [6, 6.07) is 11.2. The molecule has 0 spiro atoms. The van der Waals surface area contributed by atoms with E-state index >= 15 is 0 Å². The molecule has 0 aromatic heterocycles. The molecule has 1 aliphatic heterocycles. The van der Waals surface area contributed by atoms with E-state index in [2.05, 4.69) is 0 Å². The summed E-state index contributed by atoms with van der Waals surface area (Å²) in [5.41, 5.74) is 0.156. The Balaban J connectivity index is 1.68. The molecule has 1 aliphatic rings. The highest BCUT2D eigenvalue weighted by atomic mass is 35.5. The number of sulfonamides is 1. The molecule has 1 heterocycles. The van der Waals surface area contributed by atoms with E-state index in [1.807, 2.05) is 0 Å². The van der Waals surface area contributed by atoms with Gasteiger partial charge in [0, 0.05) is 25.2 Å². The fourth-order valence-electron chi connectivity index (χ4n) is 3.22. The molecule has 0 unspecified atom stereocenters. The van der Waals surface area contributed by atoms with E-state index < -0.39 is 10.0 Å². The molecule has 1 saturated heterocycles. The quantitative estimate of drug-likeness (QED) is 0.604. The van der Waals surface area contributed by atoms with Crippen molar-refractivity contribution in [2.75, 3.05) is 33.3 Å². The number of hydrogen-bond donors (Lipinski definition) is 0. The summed E-state index contributed by atoms with van der Waals surface area (Å²) in [5.74, 6) is 0.281. The lowest BCUT2D eigenvalue weighted by atomic mass is 10.2. The third-order valence-electron chi connectivity index (χ3n) is 4.98. The number of carbonyl (C=O) groups excluding carboxylic acids is 1. The lowest BCUT2D eigenvalue weighted by molar-refractivity contribution is 0.0773. The van der Waals surface area contributed by atoms with Gasteiger partial charge in [0.1, 0.15) is 12.4 Å². The van der Waals surface area contributed by atoms with E-state index in [0.717, 1.165) is 19.3 Å². The standard InChI is InChI=1S/C21H24Cl2N2O4S/c1-24(13-14-29-17-7-5-16(22)6-8-17)21(26)19-15-18(9-10-20(19)23)30(27,28)25-11-3-2-4-12-25/h5-10,15H,2-4,11-14H2,1H3. The first-order chi connectivity index (χ1) is 14.3. The monoisotopic (exact) mass is 470 g/mol. The van der Waals surface area contributed by atoms with Crippen LogP contribution in [0.3, 0.4) is 0 Å². The van der Waals surface area contributed by atoms with Crippen LogP contribution in [0, 0.1) is 0 Å². The third-order valence-corrected chi connectivity index (χ3v) is 7.45. The van der Waals surface area contributed by atoms with Crippen LogP contribution in [-0.2, 0) is 10.0 Å². The fraction of sp³-hybridized carbons (Fsp3) is 0.381. The Labute approximate surface area is 187 Å². The molecular formula is C21H24Cl2N2O4S. The van der Waals surface area contributed by atoms with Gasteiger partial charge in [-0.05, 0) is 55.3 Å². The second-order valence-corrected chi connectivity index (χ2v) is 9.92. The van der Waals surface area contributed by atoms with Crippen LogP contribution in [0.5, 0.6) is 5.75 Å². The van der Waals surface area contributed by atoms with Crippen LogP contribution in [0.2, 0.25) is 10.0 Å². The maximum Gasteiger partial charge on any atom is 0.255 e. The van der Waals surface area contributed by atoms with E-state index in [0.29, 0.717) is 30.4 Å². The van der Waals surface area contributed by atoms with Crippen molar-refractivity contribution < 1.29 is 17.9 Å². The highest BCUT2D eigenvalue weighted by molar-refractivity contribution is 7.89. The van der Waals surface area contributed by atoms with Gasteiger partial charge in [-0.25, -0.2) is 8.42 Å². The minimum Gasteiger partial charge on any atom is -0.492 e. The van der Waals surface area contributed by atoms with Gasteiger partial charge in [0.25, 0.3) is 5.91 Å². The second-order valence-electron chi connectivity index (χ2n) is 7.14. The van der Waals surface area contributed by atoms with Gasteiger partial charge >= 0.3 is 0 Å². The highest BCUT2D eigenvalue weighted by Gasteiger charge is 2.27. The Hall–Kier alpha value is -1.80. The normalized spacial score (nSPS) is 15.0. The number of ether oxygens (including phenoxy) is 1. The molecule has 6 nitrogen and oxygen atoms in total. The number of hydrogen-bond acceptors (Lipinski definition) is 4. The van der Waals surface area contributed by atoms with Gasteiger partial charge in [0.05, 0.1) is 22.0 Å². The van der Waals surface area contributed by atoms with Gasteiger partial charge in [-0.15, -0.1) is 0 Å². The van der Waals surface area contributed by atoms with Gasteiger partial charge in [0.2, 0.25) is 10.0 Å². The molecule has 0 radical (unpaired) electrons. The molecule has 3 rings (SSSR count). The molecule has 0 N–H and O–H groups in total. The lowest BCUT2D eigenvalue weighted by Gasteiger charge is -2.26. The van der Waals surface area contributed by atoms with Crippen molar-refractivity contribution >= 4 is 39.1 Å². The number of carbonyl (C=O) groups is 1. The number of likely N-dealkylation sites (N-methyl/N-ethyl adjacent to an activating group) is 1. The van der Waals surface area contributed by atoms with Crippen molar-refractivity contribution in [3.8, 4) is 5.75 Å². The van der Waals surface area contributed by atoms with Gasteiger partial charge in [-0.3, -0.25) is 4.79 Å². The van der Waals surface area contributed by atoms with Gasteiger partial charge in [0.15, 0.2) is 0 Å². The topological polar surface area (TPSA) is 66.9 Å². The first-order valence-corrected chi connectivity index (χ1v) is 11.9. The fourth-order valence-corrected chi connectivity index (χ4v) is 5.09. The number of nitrogens with zero attached hydrogens (tertiary/aromatic N) is 2. The predicted octanol–water partition coefficient (Wildman–Crippen LogP) is 4.32. The van der Waals surface area contributed by atoms with Crippen molar-refractivity contribution in [1.82, 2.24) is 9.21 Å². The van der Waals surface area contributed by atoms with Crippen LogP contribution in [-0.4, -0.2) is 56.8 Å². The minimum atomic E-state index is -3.65. The van der Waals surface area contributed by atoms with Crippen molar-refractivity contribution in [2.24, 2.45) is 0 Å². The van der Waals surface area contributed by atoms with E-state index in [-0.39, 0.29) is 28.0 Å². The highest BCUT2D eigenvalue weighted by Crippen LogP contribution is 2.26. The summed E-state index contributed by atoms with van der Waals surface area (Å²) in [4.78, 5) is 14.4. The van der Waals surface area contributed by atoms with Gasteiger partial charge < -0.3 is 9.64 Å². The van der Waals surface area contributed by atoms with Crippen LogP contribution >= 0.6 is 23.2 Å². The van der Waals surface area contributed by atoms with Gasteiger partial charge in [-0.1, -0.05) is 29.6 Å². The molecule has 1 fully saturated rings. The zero-order chi connectivity index (χ0) is 21.7. The Morgan fingerprint density at radius 2 is 1.73 bits per heavy atom.